The van der Waals surface area contributed by atoms with Crippen molar-refractivity contribution in [2.24, 2.45) is 0 Å². The average Bonchev–Trinajstić information content (AvgIpc) is 2.06. The van der Waals surface area contributed by atoms with Gasteiger partial charge in [0.25, 0.3) is 0 Å². The maximum atomic E-state index is 10.9. The summed E-state index contributed by atoms with van der Waals surface area (Å²) < 4.78 is 9.00. The number of carbonyl (C=O) groups excluding carboxylic acids is 2. The van der Waals surface area contributed by atoms with Gasteiger partial charge in [0.05, 0.1) is 13.2 Å². The highest BCUT2D eigenvalue weighted by Crippen LogP contribution is 1.88. The second-order valence-electron chi connectivity index (χ2n) is 2.07. The summed E-state index contributed by atoms with van der Waals surface area (Å²) in [5, 5.41) is 1.52. The molecular formula is C7H12N2O4. The Labute approximate surface area is 75.7 Å². The fraction of sp³-hybridized carbons (Fsp3) is 0.714. The van der Waals surface area contributed by atoms with Gasteiger partial charge in [-0.15, -0.1) is 0 Å². The minimum Gasteiger partial charge on any atom is -0.507 e. The van der Waals surface area contributed by atoms with E-state index in [1.807, 2.05) is 0 Å². The van der Waals surface area contributed by atoms with Gasteiger partial charge in [-0.25, -0.2) is 9.59 Å². The van der Waals surface area contributed by atoms with Crippen LogP contribution >= 0.6 is 0 Å². The monoisotopic (exact) mass is 188 g/mol. The Morgan fingerprint density at radius 1 is 1.23 bits per heavy atom. The van der Waals surface area contributed by atoms with Gasteiger partial charge in [-0.05, 0) is 13.8 Å². The molecule has 0 aliphatic rings. The Balaban J connectivity index is 4.23. The van der Waals surface area contributed by atoms with Crippen molar-refractivity contribution in [3.63, 3.8) is 0 Å². The minimum absolute atomic E-state index is 0.135. The number of hydrogen-bond acceptors (Lipinski definition) is 4. The molecule has 0 aromatic rings. The lowest BCUT2D eigenvalue weighted by molar-refractivity contribution is -0.501. The smallest absolute Gasteiger partial charge is 0.386 e. The van der Waals surface area contributed by atoms with Crippen molar-refractivity contribution >= 4 is 11.9 Å². The lowest BCUT2D eigenvalue weighted by Crippen LogP contribution is -2.78. The molecular weight excluding hydrogens is 176 g/mol. The molecule has 0 saturated heterocycles. The highest BCUT2D eigenvalue weighted by molar-refractivity contribution is 5.97. The Morgan fingerprint density at radius 2 is 1.62 bits per heavy atom. The maximum Gasteiger partial charge on any atom is 0.386 e. The SMILES string of the molecule is CCOC(=O)C([NH+]=[N-])C(=O)OCC. The van der Waals surface area contributed by atoms with Gasteiger partial charge in [0, 0.05) is 0 Å². The summed E-state index contributed by atoms with van der Waals surface area (Å²) in [7, 11) is 0. The number of ether oxygens (including phenoxy) is 2. The zero-order valence-electron chi connectivity index (χ0n) is 7.57. The molecule has 0 aliphatic carbocycles. The van der Waals surface area contributed by atoms with Crippen LogP contribution in [-0.2, 0) is 19.1 Å². The van der Waals surface area contributed by atoms with Gasteiger partial charge < -0.3 is 20.1 Å². The van der Waals surface area contributed by atoms with E-state index in [-0.39, 0.29) is 13.2 Å². The molecule has 0 aromatic carbocycles. The molecule has 0 heterocycles. The van der Waals surface area contributed by atoms with Crippen LogP contribution < -0.4 is 5.11 Å². The summed E-state index contributed by atoms with van der Waals surface area (Å²) in [6.07, 6.45) is 0. The third-order valence-corrected chi connectivity index (χ3v) is 1.17. The minimum atomic E-state index is -1.46. The van der Waals surface area contributed by atoms with E-state index in [4.69, 9.17) is 5.53 Å². The van der Waals surface area contributed by atoms with E-state index in [1.54, 1.807) is 13.8 Å². The van der Waals surface area contributed by atoms with E-state index in [0.717, 1.165) is 0 Å². The van der Waals surface area contributed by atoms with Gasteiger partial charge in [-0.3, -0.25) is 0 Å². The van der Waals surface area contributed by atoms with Crippen molar-refractivity contribution in [1.82, 2.24) is 0 Å². The Kier molecular flexibility index (Phi) is 5.42. The van der Waals surface area contributed by atoms with Crippen molar-refractivity contribution in [1.29, 1.82) is 0 Å². The van der Waals surface area contributed by atoms with Gasteiger partial charge in [0.2, 0.25) is 0 Å². The third kappa shape index (κ3) is 3.64. The molecule has 0 atom stereocenters. The largest absolute Gasteiger partial charge is 0.507 e. The highest BCUT2D eigenvalue weighted by Gasteiger charge is 2.31. The molecule has 13 heavy (non-hydrogen) atoms. The molecule has 74 valence electrons. The van der Waals surface area contributed by atoms with Crippen LogP contribution in [0.4, 0.5) is 0 Å². The van der Waals surface area contributed by atoms with Gasteiger partial charge in [0.15, 0.2) is 0 Å². The number of carbonyl (C=O) groups is 2. The first kappa shape index (κ1) is 11.5. The van der Waals surface area contributed by atoms with Crippen LogP contribution in [0.2, 0.25) is 0 Å². The molecule has 0 unspecified atom stereocenters. The first-order chi connectivity index (χ1) is 6.17. The van der Waals surface area contributed by atoms with Crippen molar-refractivity contribution in [3.05, 3.63) is 5.53 Å². The highest BCUT2D eigenvalue weighted by atomic mass is 16.6. The zero-order valence-corrected chi connectivity index (χ0v) is 7.57. The van der Waals surface area contributed by atoms with E-state index >= 15 is 0 Å². The number of nitrogens with one attached hydrogen (secondary N) is 1. The third-order valence-electron chi connectivity index (χ3n) is 1.17. The summed E-state index contributed by atoms with van der Waals surface area (Å²) in [6, 6.07) is -1.46. The molecule has 6 heteroatoms. The first-order valence-electron chi connectivity index (χ1n) is 3.90. The van der Waals surface area contributed by atoms with E-state index in [9.17, 15) is 9.59 Å². The van der Waals surface area contributed by atoms with Crippen molar-refractivity contribution < 1.29 is 24.2 Å². The van der Waals surface area contributed by atoms with E-state index in [1.165, 1.54) is 5.11 Å². The molecule has 0 rings (SSSR count). The van der Waals surface area contributed by atoms with Crippen LogP contribution in [0.1, 0.15) is 13.8 Å². The molecule has 1 N–H and O–H groups in total. The summed E-state index contributed by atoms with van der Waals surface area (Å²) in [4.78, 5) is 21.9. The van der Waals surface area contributed by atoms with E-state index in [2.05, 4.69) is 9.47 Å². The van der Waals surface area contributed by atoms with E-state index in [0.29, 0.717) is 0 Å². The topological polar surface area (TPSA) is 88.9 Å². The molecule has 0 amide bonds. The van der Waals surface area contributed by atoms with Gasteiger partial charge >= 0.3 is 18.0 Å². The normalized spacial score (nSPS) is 9.46. The Bertz CT molecular complexity index is 187. The van der Waals surface area contributed by atoms with Crippen LogP contribution in [0.25, 0.3) is 5.53 Å². The molecule has 0 aromatic heterocycles. The van der Waals surface area contributed by atoms with Crippen LogP contribution in [0.3, 0.4) is 0 Å². The molecule has 0 fully saturated rings. The fourth-order valence-electron chi connectivity index (χ4n) is 0.653. The van der Waals surface area contributed by atoms with Crippen molar-refractivity contribution in [3.8, 4) is 0 Å². The fourth-order valence-corrected chi connectivity index (χ4v) is 0.653. The first-order valence-corrected chi connectivity index (χ1v) is 3.90. The maximum absolute atomic E-state index is 10.9. The lowest BCUT2D eigenvalue weighted by atomic mass is 10.3. The van der Waals surface area contributed by atoms with Crippen molar-refractivity contribution in [2.75, 3.05) is 13.2 Å². The van der Waals surface area contributed by atoms with Crippen LogP contribution in [0.5, 0.6) is 0 Å². The predicted molar refractivity (Wildman–Crippen MR) is 41.4 cm³/mol. The number of hydrogen-bond donors (Lipinski definition) is 1. The number of nitrogens with zero attached hydrogens (tertiary/aromatic N) is 1. The number of esters is 2. The molecule has 0 bridgehead atoms. The van der Waals surface area contributed by atoms with Gasteiger partial charge in [0.1, 0.15) is 0 Å². The van der Waals surface area contributed by atoms with Crippen molar-refractivity contribution in [2.45, 2.75) is 19.9 Å². The van der Waals surface area contributed by atoms with Crippen LogP contribution in [0.15, 0.2) is 0 Å². The molecule has 6 nitrogen and oxygen atoms in total. The van der Waals surface area contributed by atoms with Crippen LogP contribution in [-0.4, -0.2) is 31.2 Å². The lowest BCUT2D eigenvalue weighted by Gasteiger charge is -2.06. The molecule has 0 radical (unpaired) electrons. The average molecular weight is 188 g/mol. The number of rotatable bonds is 5. The zero-order chi connectivity index (χ0) is 10.3. The Hall–Kier alpha value is -1.46. The van der Waals surface area contributed by atoms with Gasteiger partial charge in [-0.1, -0.05) is 0 Å². The summed E-state index contributed by atoms with van der Waals surface area (Å²) in [5.74, 6) is -1.72. The summed E-state index contributed by atoms with van der Waals surface area (Å²) >= 11 is 0. The standard InChI is InChI=1S/C7H12N2O4/c1-3-12-6(10)5(9-8)7(11)13-4-2/h5,9H,3-4H2,1-2H3. The van der Waals surface area contributed by atoms with Gasteiger partial charge in [-0.2, -0.15) is 0 Å². The predicted octanol–water partition coefficient (Wildman–Crippen LogP) is -1.42. The summed E-state index contributed by atoms with van der Waals surface area (Å²) in [6.45, 7) is 3.46. The molecule has 0 aliphatic heterocycles. The Morgan fingerprint density at radius 3 is 1.85 bits per heavy atom. The van der Waals surface area contributed by atoms with E-state index < -0.39 is 18.0 Å². The second-order valence-corrected chi connectivity index (χ2v) is 2.07. The molecule has 0 saturated carbocycles. The second kappa shape index (κ2) is 6.10. The molecule has 0 spiro atoms. The summed E-state index contributed by atoms with van der Waals surface area (Å²) in [5.41, 5.74) is 8.47. The van der Waals surface area contributed by atoms with Crippen LogP contribution in [0, 0.1) is 0 Å². The quantitative estimate of drug-likeness (QED) is 0.326.